The lowest BCUT2D eigenvalue weighted by Gasteiger charge is -2.39. The molecule has 1 aromatic carbocycles. The minimum absolute atomic E-state index is 0. The highest BCUT2D eigenvalue weighted by molar-refractivity contribution is 7.16. The van der Waals surface area contributed by atoms with Crippen LogP contribution in [0.5, 0.6) is 0 Å². The number of rotatable bonds is 4. The van der Waals surface area contributed by atoms with Crippen molar-refractivity contribution in [2.24, 2.45) is 0 Å². The number of benzene rings is 1. The Morgan fingerprint density at radius 1 is 1.29 bits per heavy atom. The summed E-state index contributed by atoms with van der Waals surface area (Å²) < 4.78 is 17.4. The molecule has 2 aromatic heterocycles. The predicted octanol–water partition coefficient (Wildman–Crippen LogP) is 3.03. The van der Waals surface area contributed by atoms with E-state index in [2.05, 4.69) is 11.5 Å². The first-order valence-corrected chi connectivity index (χ1v) is 10.6. The highest BCUT2D eigenvalue weighted by atomic mass is 35.5. The first-order valence-electron chi connectivity index (χ1n) is 9.76. The van der Waals surface area contributed by atoms with Crippen molar-refractivity contribution in [3.63, 3.8) is 0 Å². The van der Waals surface area contributed by atoms with Crippen molar-refractivity contribution in [3.05, 3.63) is 51.4 Å². The van der Waals surface area contributed by atoms with Crippen LogP contribution in [-0.4, -0.2) is 60.1 Å². The third-order valence-corrected chi connectivity index (χ3v) is 6.96. The number of halogens is 2. The van der Waals surface area contributed by atoms with E-state index in [-0.39, 0.29) is 23.4 Å². The molecule has 7 nitrogen and oxygen atoms in total. The first kappa shape index (κ1) is 21.6. The van der Waals surface area contributed by atoms with E-state index in [0.29, 0.717) is 47.9 Å². The van der Waals surface area contributed by atoms with Gasteiger partial charge in [0.15, 0.2) is 0 Å². The Kier molecular flexibility index (Phi) is 5.45. The lowest BCUT2D eigenvalue weighted by atomic mass is 10.0. The number of aromatic carboxylic acids is 1. The quantitative estimate of drug-likeness (QED) is 0.599. The van der Waals surface area contributed by atoms with Gasteiger partial charge in [-0.2, -0.15) is 0 Å². The summed E-state index contributed by atoms with van der Waals surface area (Å²) in [4.78, 5) is 31.6. The summed E-state index contributed by atoms with van der Waals surface area (Å²) in [6, 6.07) is 1.21. The van der Waals surface area contributed by atoms with E-state index in [9.17, 15) is 14.7 Å². The van der Waals surface area contributed by atoms with Crippen LogP contribution in [0.15, 0.2) is 28.9 Å². The van der Waals surface area contributed by atoms with Crippen molar-refractivity contribution in [1.29, 1.82) is 0 Å². The molecule has 2 aliphatic rings. The molecule has 0 bridgehead atoms. The van der Waals surface area contributed by atoms with Crippen molar-refractivity contribution < 1.29 is 14.3 Å². The van der Waals surface area contributed by atoms with Crippen molar-refractivity contribution in [1.82, 2.24) is 9.30 Å². The molecule has 0 atom stereocenters. The Bertz CT molecular complexity index is 1280. The summed E-state index contributed by atoms with van der Waals surface area (Å²) in [6.07, 6.45) is 1.76. The average Bonchev–Trinajstić information content (AvgIpc) is 3.12. The van der Waals surface area contributed by atoms with E-state index in [0.717, 1.165) is 18.8 Å². The van der Waals surface area contributed by atoms with E-state index in [4.69, 9.17) is 0 Å². The average molecular weight is 465 g/mol. The summed E-state index contributed by atoms with van der Waals surface area (Å²) in [6.45, 7) is 7.80. The zero-order chi connectivity index (χ0) is 21.2. The van der Waals surface area contributed by atoms with Crippen LogP contribution in [-0.2, 0) is 6.54 Å². The topological polar surface area (TPSA) is 68.5 Å². The van der Waals surface area contributed by atoms with Gasteiger partial charge in [0.1, 0.15) is 16.2 Å². The van der Waals surface area contributed by atoms with Crippen molar-refractivity contribution in [2.45, 2.75) is 6.54 Å². The van der Waals surface area contributed by atoms with Gasteiger partial charge in [-0.1, -0.05) is 6.08 Å². The van der Waals surface area contributed by atoms with Gasteiger partial charge in [-0.05, 0) is 13.1 Å². The number of pyridine rings is 1. The number of thiazole rings is 1. The molecule has 1 N–H and O–H groups in total. The zero-order valence-corrected chi connectivity index (χ0v) is 18.6. The summed E-state index contributed by atoms with van der Waals surface area (Å²) >= 11 is 1.24. The number of hydrogen-bond donors (Lipinski definition) is 1. The van der Waals surface area contributed by atoms with Crippen LogP contribution in [0.4, 0.5) is 15.8 Å². The fraction of sp³-hybridized carbons (Fsp3) is 0.333. The van der Waals surface area contributed by atoms with Crippen LogP contribution >= 0.6 is 23.7 Å². The Balaban J connectivity index is 0.00000231. The zero-order valence-electron chi connectivity index (χ0n) is 16.9. The number of likely N-dealkylation sites (N-methyl/N-ethyl adjacent to an activating group) is 1. The Labute approximate surface area is 188 Å². The number of carboxylic acids is 1. The third kappa shape index (κ3) is 3.10. The number of nitrogens with zero attached hydrogens (tertiary/aromatic N) is 4. The molecule has 0 radical (unpaired) electrons. The van der Waals surface area contributed by atoms with Crippen molar-refractivity contribution in [2.75, 3.05) is 49.6 Å². The van der Waals surface area contributed by atoms with Gasteiger partial charge < -0.3 is 19.8 Å². The minimum atomic E-state index is -1.29. The SMILES string of the molecule is C=CCN1Cc2csc3c(C(=O)O)c(=O)c4cc(F)c(N5CCN(C)CC5)c1c4n23.Cl. The molecule has 0 saturated carbocycles. The van der Waals surface area contributed by atoms with Gasteiger partial charge in [0, 0.05) is 38.1 Å². The summed E-state index contributed by atoms with van der Waals surface area (Å²) in [5, 5.41) is 11.6. The molecule has 0 aliphatic carbocycles. The van der Waals surface area contributed by atoms with Crippen LogP contribution in [0.1, 0.15) is 16.1 Å². The van der Waals surface area contributed by atoms with E-state index in [1.54, 1.807) is 6.08 Å². The molecular formula is C21H22ClFN4O3S. The Morgan fingerprint density at radius 3 is 2.65 bits per heavy atom. The molecule has 31 heavy (non-hydrogen) atoms. The van der Waals surface area contributed by atoms with E-state index < -0.39 is 17.2 Å². The van der Waals surface area contributed by atoms with Crippen LogP contribution in [0.3, 0.4) is 0 Å². The Morgan fingerprint density at radius 2 is 2.00 bits per heavy atom. The normalized spacial score (nSPS) is 16.2. The summed E-state index contributed by atoms with van der Waals surface area (Å²) in [5.41, 5.74) is 1.65. The van der Waals surface area contributed by atoms with E-state index in [1.807, 2.05) is 26.6 Å². The second kappa shape index (κ2) is 7.81. The molecule has 0 amide bonds. The maximum absolute atomic E-state index is 15.5. The summed E-state index contributed by atoms with van der Waals surface area (Å²) in [7, 11) is 2.04. The fourth-order valence-corrected chi connectivity index (χ4v) is 5.58. The maximum atomic E-state index is 15.5. The van der Waals surface area contributed by atoms with Gasteiger partial charge in [-0.15, -0.1) is 30.3 Å². The van der Waals surface area contributed by atoms with Gasteiger partial charge >= 0.3 is 5.97 Å². The molecule has 1 saturated heterocycles. The van der Waals surface area contributed by atoms with Crippen LogP contribution in [0.25, 0.3) is 15.7 Å². The summed E-state index contributed by atoms with van der Waals surface area (Å²) in [5.74, 6) is -1.79. The number of carboxylic acid groups (broad SMARTS) is 1. The molecule has 10 heteroatoms. The molecular weight excluding hydrogens is 443 g/mol. The second-order valence-corrected chi connectivity index (χ2v) is 8.65. The standard InChI is InChI=1S/C21H21FN4O3S.ClH/c1-3-4-25-10-12-11-30-20-15(21(28)29)19(27)13-9-14(22)17(18(25)16(13)26(12)20)24-7-5-23(2)6-8-24;/h3,9,11H,1,4-8,10H2,2H3,(H,28,29);1H. The van der Waals surface area contributed by atoms with E-state index >= 15 is 4.39 Å². The number of aromatic nitrogens is 1. The lowest BCUT2D eigenvalue weighted by Crippen LogP contribution is -2.45. The van der Waals surface area contributed by atoms with Crippen molar-refractivity contribution >= 4 is 56.8 Å². The van der Waals surface area contributed by atoms with E-state index in [1.165, 1.54) is 17.4 Å². The molecule has 0 spiro atoms. The minimum Gasteiger partial charge on any atom is -0.477 e. The molecule has 4 heterocycles. The molecule has 1 fully saturated rings. The van der Waals surface area contributed by atoms with Crippen molar-refractivity contribution in [3.8, 4) is 0 Å². The van der Waals surface area contributed by atoms with Gasteiger partial charge in [0.25, 0.3) is 0 Å². The predicted molar refractivity (Wildman–Crippen MR) is 124 cm³/mol. The highest BCUT2D eigenvalue weighted by Crippen LogP contribution is 2.44. The van der Waals surface area contributed by atoms with Gasteiger partial charge in [-0.3, -0.25) is 9.20 Å². The van der Waals surface area contributed by atoms with Gasteiger partial charge in [-0.25, -0.2) is 9.18 Å². The van der Waals surface area contributed by atoms with Crippen LogP contribution in [0, 0.1) is 5.82 Å². The number of piperazine rings is 1. The molecule has 0 unspecified atom stereocenters. The molecule has 5 rings (SSSR count). The maximum Gasteiger partial charge on any atom is 0.342 e. The second-order valence-electron chi connectivity index (χ2n) is 7.79. The first-order chi connectivity index (χ1) is 14.4. The monoisotopic (exact) mass is 464 g/mol. The van der Waals surface area contributed by atoms with Gasteiger partial charge in [0.2, 0.25) is 5.43 Å². The fourth-order valence-electron chi connectivity index (χ4n) is 4.54. The van der Waals surface area contributed by atoms with Crippen LogP contribution < -0.4 is 15.2 Å². The highest BCUT2D eigenvalue weighted by Gasteiger charge is 2.33. The largest absolute Gasteiger partial charge is 0.477 e. The lowest BCUT2D eigenvalue weighted by molar-refractivity contribution is 0.0697. The number of anilines is 2. The third-order valence-electron chi connectivity index (χ3n) is 5.96. The number of carbonyl (C=O) groups is 1. The molecule has 3 aromatic rings. The molecule has 164 valence electrons. The smallest absolute Gasteiger partial charge is 0.342 e. The van der Waals surface area contributed by atoms with Gasteiger partial charge in [0.05, 0.1) is 34.5 Å². The number of hydrogen-bond acceptors (Lipinski definition) is 6. The van der Waals surface area contributed by atoms with Crippen LogP contribution in [0.2, 0.25) is 0 Å². The Hall–Kier alpha value is -2.62. The molecule has 2 aliphatic heterocycles.